The number of Topliss-reactive ketones (excluding diaryl/α,β-unsaturated/α-hetero) is 1. The molecule has 0 aliphatic rings. The largest absolute Gasteiger partial charge is 0.493 e. The van der Waals surface area contributed by atoms with Crippen molar-refractivity contribution in [1.82, 2.24) is 0 Å². The summed E-state index contributed by atoms with van der Waals surface area (Å²) in [5.74, 6) is -0.568. The summed E-state index contributed by atoms with van der Waals surface area (Å²) in [6, 6.07) is 1.59. The van der Waals surface area contributed by atoms with Crippen molar-refractivity contribution < 1.29 is 27.5 Å². The molecule has 0 N–H and O–H groups in total. The summed E-state index contributed by atoms with van der Waals surface area (Å²) in [6.07, 6.45) is -4.60. The second-order valence-electron chi connectivity index (χ2n) is 3.54. The molecule has 1 rings (SSSR count). The molecular weight excluding hydrogens is 249 g/mol. The molecule has 3 nitrogen and oxygen atoms in total. The Morgan fingerprint density at radius 3 is 2.39 bits per heavy atom. The van der Waals surface area contributed by atoms with E-state index in [1.807, 2.05) is 0 Å². The number of aldehydes is 1. The Hall–Kier alpha value is -1.85. The lowest BCUT2D eigenvalue weighted by Gasteiger charge is -2.14. The van der Waals surface area contributed by atoms with Crippen LogP contribution in [0.15, 0.2) is 12.1 Å². The van der Waals surface area contributed by atoms with E-state index in [9.17, 15) is 22.8 Å². The van der Waals surface area contributed by atoms with Crippen molar-refractivity contribution in [2.24, 2.45) is 0 Å². The highest BCUT2D eigenvalue weighted by molar-refractivity contribution is 5.98. The molecule has 0 aromatic heterocycles. The number of halogens is 3. The van der Waals surface area contributed by atoms with Gasteiger partial charge in [0.15, 0.2) is 12.1 Å². The van der Waals surface area contributed by atoms with E-state index in [1.165, 1.54) is 0 Å². The number of carbonyl (C=O) groups excluding carboxylic acids is 2. The van der Waals surface area contributed by atoms with Gasteiger partial charge in [0.2, 0.25) is 0 Å². The van der Waals surface area contributed by atoms with Crippen molar-refractivity contribution in [1.29, 1.82) is 0 Å². The highest BCUT2D eigenvalue weighted by atomic mass is 19.4. The molecule has 0 saturated heterocycles. The highest BCUT2D eigenvalue weighted by Gasteiger charge is 2.35. The van der Waals surface area contributed by atoms with Crippen LogP contribution < -0.4 is 4.74 Å². The van der Waals surface area contributed by atoms with Crippen LogP contribution in [0.3, 0.4) is 0 Å². The van der Waals surface area contributed by atoms with Crippen molar-refractivity contribution in [3.8, 4) is 5.75 Å². The van der Waals surface area contributed by atoms with Gasteiger partial charge in [-0.1, -0.05) is 0 Å². The number of benzene rings is 1. The lowest BCUT2D eigenvalue weighted by Crippen LogP contribution is -2.12. The summed E-state index contributed by atoms with van der Waals surface area (Å²) in [4.78, 5) is 22.0. The molecule has 0 atom stereocenters. The first-order chi connectivity index (χ1) is 8.31. The van der Waals surface area contributed by atoms with Gasteiger partial charge in [-0.3, -0.25) is 9.59 Å². The first kappa shape index (κ1) is 14.2. The Labute approximate surface area is 102 Å². The Balaban J connectivity index is 3.51. The zero-order chi connectivity index (χ0) is 13.9. The number of ether oxygens (including phenoxy) is 1. The van der Waals surface area contributed by atoms with E-state index in [0.29, 0.717) is 6.07 Å². The van der Waals surface area contributed by atoms with Crippen molar-refractivity contribution in [2.45, 2.75) is 20.0 Å². The van der Waals surface area contributed by atoms with Gasteiger partial charge >= 0.3 is 6.18 Å². The number of carbonyl (C=O) groups is 2. The summed E-state index contributed by atoms with van der Waals surface area (Å²) >= 11 is 0. The molecule has 18 heavy (non-hydrogen) atoms. The van der Waals surface area contributed by atoms with Gasteiger partial charge in [-0.15, -0.1) is 0 Å². The quantitative estimate of drug-likeness (QED) is 0.617. The number of rotatable bonds is 4. The van der Waals surface area contributed by atoms with Gasteiger partial charge in [-0.05, 0) is 26.0 Å². The molecule has 0 amide bonds. The molecule has 0 radical (unpaired) electrons. The molecule has 6 heteroatoms. The minimum Gasteiger partial charge on any atom is -0.493 e. The monoisotopic (exact) mass is 260 g/mol. The molecule has 0 spiro atoms. The average molecular weight is 260 g/mol. The molecule has 0 unspecified atom stereocenters. The molecule has 0 heterocycles. The fraction of sp³-hybridized carbons (Fsp3) is 0.333. The van der Waals surface area contributed by atoms with Crippen LogP contribution in [0.4, 0.5) is 13.2 Å². The van der Waals surface area contributed by atoms with Gasteiger partial charge in [0.25, 0.3) is 0 Å². The minimum absolute atomic E-state index is 0.0138. The number of ketones is 1. The SMILES string of the molecule is CCOc1cc(C=O)c(C(F)(F)F)cc1C(C)=O. The van der Waals surface area contributed by atoms with E-state index in [-0.39, 0.29) is 24.2 Å². The number of hydrogen-bond acceptors (Lipinski definition) is 3. The van der Waals surface area contributed by atoms with Gasteiger partial charge in [0.05, 0.1) is 17.7 Å². The van der Waals surface area contributed by atoms with E-state index in [2.05, 4.69) is 0 Å². The second kappa shape index (κ2) is 5.20. The second-order valence-corrected chi connectivity index (χ2v) is 3.54. The van der Waals surface area contributed by atoms with Crippen LogP contribution >= 0.6 is 0 Å². The van der Waals surface area contributed by atoms with Gasteiger partial charge in [-0.2, -0.15) is 13.2 Å². The smallest absolute Gasteiger partial charge is 0.417 e. The van der Waals surface area contributed by atoms with E-state index >= 15 is 0 Å². The molecule has 0 bridgehead atoms. The molecule has 0 fully saturated rings. The van der Waals surface area contributed by atoms with Crippen LogP contribution in [0.5, 0.6) is 5.75 Å². The van der Waals surface area contributed by atoms with E-state index in [1.54, 1.807) is 6.92 Å². The van der Waals surface area contributed by atoms with Crippen molar-refractivity contribution in [3.05, 3.63) is 28.8 Å². The third-order valence-corrected chi connectivity index (χ3v) is 2.26. The molecule has 0 saturated carbocycles. The van der Waals surface area contributed by atoms with E-state index in [4.69, 9.17) is 4.74 Å². The lowest BCUT2D eigenvalue weighted by molar-refractivity contribution is -0.137. The first-order valence-electron chi connectivity index (χ1n) is 5.15. The van der Waals surface area contributed by atoms with Crippen molar-refractivity contribution >= 4 is 12.1 Å². The zero-order valence-corrected chi connectivity index (χ0v) is 9.80. The van der Waals surface area contributed by atoms with Gasteiger partial charge in [0.1, 0.15) is 5.75 Å². The predicted octanol–water partition coefficient (Wildman–Crippen LogP) is 3.12. The topological polar surface area (TPSA) is 43.4 Å². The zero-order valence-electron chi connectivity index (χ0n) is 9.80. The normalized spacial score (nSPS) is 11.2. The lowest BCUT2D eigenvalue weighted by atomic mass is 10.0. The Morgan fingerprint density at radius 1 is 1.39 bits per heavy atom. The third kappa shape index (κ3) is 2.88. The van der Waals surface area contributed by atoms with Gasteiger partial charge in [0, 0.05) is 5.56 Å². The Kier molecular flexibility index (Phi) is 4.11. The molecule has 0 aliphatic carbocycles. The number of alkyl halides is 3. The molecule has 98 valence electrons. The summed E-state index contributed by atoms with van der Waals surface area (Å²) in [6.45, 7) is 2.95. The van der Waals surface area contributed by atoms with Crippen LogP contribution in [0, 0.1) is 0 Å². The molecule has 1 aromatic rings. The summed E-state index contributed by atoms with van der Waals surface area (Å²) in [7, 11) is 0. The van der Waals surface area contributed by atoms with Crippen LogP contribution in [-0.4, -0.2) is 18.7 Å². The van der Waals surface area contributed by atoms with Crippen LogP contribution in [0.2, 0.25) is 0 Å². The maximum absolute atomic E-state index is 12.7. The van der Waals surface area contributed by atoms with E-state index in [0.717, 1.165) is 13.0 Å². The predicted molar refractivity (Wildman–Crippen MR) is 58.0 cm³/mol. The Bertz CT molecular complexity index is 478. The molecule has 0 aliphatic heterocycles. The van der Waals surface area contributed by atoms with Crippen LogP contribution in [0.1, 0.15) is 40.1 Å². The number of hydrogen-bond donors (Lipinski definition) is 0. The maximum Gasteiger partial charge on any atom is 0.417 e. The summed E-state index contributed by atoms with van der Waals surface area (Å²) in [5.41, 5.74) is -1.86. The average Bonchev–Trinajstić information content (AvgIpc) is 2.27. The highest BCUT2D eigenvalue weighted by Crippen LogP contribution is 2.35. The van der Waals surface area contributed by atoms with Crippen molar-refractivity contribution in [3.63, 3.8) is 0 Å². The van der Waals surface area contributed by atoms with Crippen LogP contribution in [0.25, 0.3) is 0 Å². The Morgan fingerprint density at radius 2 is 2.00 bits per heavy atom. The van der Waals surface area contributed by atoms with Crippen LogP contribution in [-0.2, 0) is 6.18 Å². The van der Waals surface area contributed by atoms with Gasteiger partial charge < -0.3 is 4.74 Å². The summed E-state index contributed by atoms with van der Waals surface area (Å²) < 4.78 is 43.1. The minimum atomic E-state index is -4.69. The molecular formula is C12H11F3O3. The maximum atomic E-state index is 12.7. The fourth-order valence-corrected chi connectivity index (χ4v) is 1.49. The van der Waals surface area contributed by atoms with Crippen molar-refractivity contribution in [2.75, 3.05) is 6.61 Å². The molecule has 1 aromatic carbocycles. The standard InChI is InChI=1S/C12H11F3O3/c1-3-18-11-4-8(6-16)10(12(13,14)15)5-9(11)7(2)17/h4-6H,3H2,1-2H3. The van der Waals surface area contributed by atoms with E-state index < -0.39 is 23.1 Å². The third-order valence-electron chi connectivity index (χ3n) is 2.26. The van der Waals surface area contributed by atoms with Gasteiger partial charge in [-0.25, -0.2) is 0 Å². The summed E-state index contributed by atoms with van der Waals surface area (Å²) in [5, 5.41) is 0. The first-order valence-corrected chi connectivity index (χ1v) is 5.15. The fourth-order valence-electron chi connectivity index (χ4n) is 1.49.